The molecule has 1 fully saturated rings. The van der Waals surface area contributed by atoms with E-state index in [0.29, 0.717) is 30.1 Å². The lowest BCUT2D eigenvalue weighted by atomic mass is 10.2. The van der Waals surface area contributed by atoms with Crippen LogP contribution in [0.2, 0.25) is 5.02 Å². The molecule has 0 spiro atoms. The van der Waals surface area contributed by atoms with Gasteiger partial charge in [-0.2, -0.15) is 0 Å². The van der Waals surface area contributed by atoms with Crippen LogP contribution in [-0.4, -0.2) is 45.6 Å². The van der Waals surface area contributed by atoms with E-state index in [1.54, 1.807) is 18.2 Å². The molecule has 0 saturated carbocycles. The number of nitrogens with one attached hydrogen (secondary N) is 1. The maximum absolute atomic E-state index is 12.4. The van der Waals surface area contributed by atoms with Crippen LogP contribution in [-0.2, 0) is 14.4 Å². The van der Waals surface area contributed by atoms with Crippen molar-refractivity contribution >= 4 is 46.8 Å². The van der Waals surface area contributed by atoms with E-state index in [4.69, 9.17) is 16.7 Å². The van der Waals surface area contributed by atoms with Crippen LogP contribution in [0.1, 0.15) is 19.3 Å². The Morgan fingerprint density at radius 3 is 2.96 bits per heavy atom. The van der Waals surface area contributed by atoms with Gasteiger partial charge in [0.25, 0.3) is 0 Å². The fourth-order valence-electron chi connectivity index (χ4n) is 2.85. The zero-order valence-corrected chi connectivity index (χ0v) is 13.7. The molecule has 0 bridgehead atoms. The highest BCUT2D eigenvalue weighted by Crippen LogP contribution is 2.38. The molecule has 3 rings (SSSR count). The van der Waals surface area contributed by atoms with Crippen molar-refractivity contribution in [2.24, 2.45) is 0 Å². The SMILES string of the molecule is O=C1Nc2cc(Cl)ccc2SC1CC(=O)N1CCC[C@H]1C(=O)O. The highest BCUT2D eigenvalue weighted by atomic mass is 35.5. The molecule has 0 aliphatic carbocycles. The van der Waals surface area contributed by atoms with Crippen LogP contribution in [0.5, 0.6) is 0 Å². The molecule has 2 aliphatic heterocycles. The number of hydrogen-bond donors (Lipinski definition) is 2. The monoisotopic (exact) mass is 354 g/mol. The number of fused-ring (bicyclic) bond motifs is 1. The zero-order chi connectivity index (χ0) is 16.6. The summed E-state index contributed by atoms with van der Waals surface area (Å²) in [6, 6.07) is 4.42. The van der Waals surface area contributed by atoms with Crippen LogP contribution < -0.4 is 5.32 Å². The van der Waals surface area contributed by atoms with Gasteiger partial charge < -0.3 is 15.3 Å². The van der Waals surface area contributed by atoms with Gasteiger partial charge in [-0.25, -0.2) is 4.79 Å². The number of anilines is 1. The number of carbonyl (C=O) groups excluding carboxylic acids is 2. The third-order valence-electron chi connectivity index (χ3n) is 3.98. The van der Waals surface area contributed by atoms with Gasteiger partial charge in [0.15, 0.2) is 0 Å². The van der Waals surface area contributed by atoms with Gasteiger partial charge in [0.05, 0.1) is 10.9 Å². The Kier molecular flexibility index (Phi) is 4.50. The molecule has 6 nitrogen and oxygen atoms in total. The van der Waals surface area contributed by atoms with Crippen molar-refractivity contribution in [3.05, 3.63) is 23.2 Å². The Hall–Kier alpha value is -1.73. The van der Waals surface area contributed by atoms with E-state index in [0.717, 1.165) is 4.90 Å². The highest BCUT2D eigenvalue weighted by molar-refractivity contribution is 8.01. The van der Waals surface area contributed by atoms with E-state index in [2.05, 4.69) is 5.32 Å². The first kappa shape index (κ1) is 16.1. The number of rotatable bonds is 3. The number of aliphatic carboxylic acids is 1. The molecule has 1 unspecified atom stereocenters. The maximum atomic E-state index is 12.4. The normalized spacial score (nSPS) is 23.3. The molecule has 2 amide bonds. The lowest BCUT2D eigenvalue weighted by Crippen LogP contribution is -2.43. The minimum absolute atomic E-state index is 0.0116. The molecule has 23 heavy (non-hydrogen) atoms. The molecule has 1 aromatic rings. The zero-order valence-electron chi connectivity index (χ0n) is 12.1. The predicted molar refractivity (Wildman–Crippen MR) is 86.7 cm³/mol. The largest absolute Gasteiger partial charge is 0.480 e. The Morgan fingerprint density at radius 1 is 1.43 bits per heavy atom. The first-order chi connectivity index (χ1) is 11.0. The summed E-state index contributed by atoms with van der Waals surface area (Å²) in [5, 5.41) is 11.9. The van der Waals surface area contributed by atoms with Gasteiger partial charge in [-0.3, -0.25) is 9.59 Å². The summed E-state index contributed by atoms with van der Waals surface area (Å²) >= 11 is 7.20. The Labute approximate surface area is 142 Å². The number of nitrogens with zero attached hydrogens (tertiary/aromatic N) is 1. The van der Waals surface area contributed by atoms with E-state index in [1.807, 2.05) is 0 Å². The number of benzene rings is 1. The average molecular weight is 355 g/mol. The Morgan fingerprint density at radius 2 is 2.22 bits per heavy atom. The summed E-state index contributed by atoms with van der Waals surface area (Å²) in [6.07, 6.45) is 1.13. The van der Waals surface area contributed by atoms with Crippen LogP contribution in [0.15, 0.2) is 23.1 Å². The fraction of sp³-hybridized carbons (Fsp3) is 0.400. The summed E-state index contributed by atoms with van der Waals surface area (Å²) in [6.45, 7) is 0.432. The summed E-state index contributed by atoms with van der Waals surface area (Å²) in [5.41, 5.74) is 0.640. The van der Waals surface area contributed by atoms with E-state index in [-0.39, 0.29) is 18.2 Å². The summed E-state index contributed by atoms with van der Waals surface area (Å²) < 4.78 is 0. The molecule has 2 aliphatic rings. The van der Waals surface area contributed by atoms with Crippen molar-refractivity contribution in [3.63, 3.8) is 0 Å². The lowest BCUT2D eigenvalue weighted by Gasteiger charge is -2.27. The molecule has 2 heterocycles. The van der Waals surface area contributed by atoms with Crippen molar-refractivity contribution in [1.29, 1.82) is 0 Å². The number of hydrogen-bond acceptors (Lipinski definition) is 4. The van der Waals surface area contributed by atoms with E-state index < -0.39 is 17.3 Å². The minimum Gasteiger partial charge on any atom is -0.480 e. The molecule has 0 aromatic heterocycles. The number of carboxylic acids is 1. The molecular formula is C15H15ClN2O4S. The van der Waals surface area contributed by atoms with Crippen LogP contribution in [0, 0.1) is 0 Å². The third kappa shape index (κ3) is 3.30. The molecular weight excluding hydrogens is 340 g/mol. The number of carboxylic acid groups (broad SMARTS) is 1. The Bertz CT molecular complexity index is 681. The Balaban J connectivity index is 1.71. The standard InChI is InChI=1S/C15H15ClN2O4S/c16-8-3-4-11-9(6-8)17-14(20)12(23-11)7-13(19)18-5-1-2-10(18)15(21)22/h3-4,6,10,12H,1-2,5,7H2,(H,17,20)(H,21,22)/t10-,12?/m0/s1. The molecule has 0 radical (unpaired) electrons. The van der Waals surface area contributed by atoms with Gasteiger partial charge in [0.1, 0.15) is 6.04 Å². The second kappa shape index (κ2) is 6.41. The number of thioether (sulfide) groups is 1. The van der Waals surface area contributed by atoms with Crippen LogP contribution in [0.3, 0.4) is 0 Å². The highest BCUT2D eigenvalue weighted by Gasteiger charge is 2.37. The smallest absolute Gasteiger partial charge is 0.326 e. The second-order valence-corrected chi connectivity index (χ2v) is 7.20. The quantitative estimate of drug-likeness (QED) is 0.869. The molecule has 2 atom stereocenters. The van der Waals surface area contributed by atoms with Crippen molar-refractivity contribution in [3.8, 4) is 0 Å². The molecule has 2 N–H and O–H groups in total. The summed E-state index contributed by atoms with van der Waals surface area (Å²) in [4.78, 5) is 38.0. The summed E-state index contributed by atoms with van der Waals surface area (Å²) in [5.74, 6) is -1.54. The topological polar surface area (TPSA) is 86.7 Å². The van der Waals surface area contributed by atoms with Crippen LogP contribution in [0.25, 0.3) is 0 Å². The van der Waals surface area contributed by atoms with Crippen molar-refractivity contribution in [2.75, 3.05) is 11.9 Å². The second-order valence-electron chi connectivity index (χ2n) is 5.52. The minimum atomic E-state index is -0.989. The van der Waals surface area contributed by atoms with Gasteiger partial charge in [0, 0.05) is 22.9 Å². The average Bonchev–Trinajstić information content (AvgIpc) is 2.98. The predicted octanol–water partition coefficient (Wildman–Crippen LogP) is 2.22. The molecule has 8 heteroatoms. The van der Waals surface area contributed by atoms with Crippen molar-refractivity contribution in [2.45, 2.75) is 35.4 Å². The number of halogens is 1. The van der Waals surface area contributed by atoms with Crippen LogP contribution in [0.4, 0.5) is 5.69 Å². The number of likely N-dealkylation sites (tertiary alicyclic amines) is 1. The maximum Gasteiger partial charge on any atom is 0.326 e. The fourth-order valence-corrected chi connectivity index (χ4v) is 4.11. The first-order valence-corrected chi connectivity index (χ1v) is 8.51. The number of carbonyl (C=O) groups is 3. The van der Waals surface area contributed by atoms with Crippen molar-refractivity contribution < 1.29 is 19.5 Å². The van der Waals surface area contributed by atoms with Crippen LogP contribution >= 0.6 is 23.4 Å². The summed E-state index contributed by atoms with van der Waals surface area (Å²) in [7, 11) is 0. The first-order valence-electron chi connectivity index (χ1n) is 7.25. The van der Waals surface area contributed by atoms with E-state index in [9.17, 15) is 14.4 Å². The molecule has 1 saturated heterocycles. The lowest BCUT2D eigenvalue weighted by molar-refractivity contribution is -0.148. The number of amides is 2. The van der Waals surface area contributed by atoms with Gasteiger partial charge in [-0.05, 0) is 31.0 Å². The van der Waals surface area contributed by atoms with Gasteiger partial charge in [0.2, 0.25) is 11.8 Å². The van der Waals surface area contributed by atoms with Crippen molar-refractivity contribution in [1.82, 2.24) is 4.90 Å². The van der Waals surface area contributed by atoms with E-state index >= 15 is 0 Å². The van der Waals surface area contributed by atoms with Gasteiger partial charge in [-0.1, -0.05) is 11.6 Å². The third-order valence-corrected chi connectivity index (χ3v) is 5.49. The molecule has 1 aromatic carbocycles. The van der Waals surface area contributed by atoms with Gasteiger partial charge in [-0.15, -0.1) is 11.8 Å². The van der Waals surface area contributed by atoms with E-state index in [1.165, 1.54) is 16.7 Å². The molecule has 122 valence electrons. The van der Waals surface area contributed by atoms with Gasteiger partial charge >= 0.3 is 5.97 Å².